The fourth-order valence-electron chi connectivity index (χ4n) is 5.51. The van der Waals surface area contributed by atoms with Gasteiger partial charge in [-0.2, -0.15) is 13.2 Å². The lowest BCUT2D eigenvalue weighted by Crippen LogP contribution is -2.49. The first kappa shape index (κ1) is 42.5. The van der Waals surface area contributed by atoms with Crippen molar-refractivity contribution in [3.05, 3.63) is 104 Å². The number of nitrogens with zero attached hydrogens (tertiary/aromatic N) is 5. The van der Waals surface area contributed by atoms with E-state index in [-0.39, 0.29) is 35.6 Å². The minimum atomic E-state index is -4.77. The molecular formula is C38H42F3N7O8S. The third-order valence-corrected chi connectivity index (χ3v) is 9.64. The quantitative estimate of drug-likeness (QED) is 0.0998. The molecule has 2 aromatic heterocycles. The zero-order chi connectivity index (χ0) is 41.0. The maximum absolute atomic E-state index is 13.5. The molecule has 304 valence electrons. The van der Waals surface area contributed by atoms with Crippen LogP contribution in [0.15, 0.2) is 87.9 Å². The van der Waals surface area contributed by atoms with Gasteiger partial charge in [-0.05, 0) is 55.3 Å². The first-order chi connectivity index (χ1) is 27.3. The highest BCUT2D eigenvalue weighted by atomic mass is 32.1. The lowest BCUT2D eigenvalue weighted by Gasteiger charge is -2.19. The summed E-state index contributed by atoms with van der Waals surface area (Å²) in [5.74, 6) is -1.82. The number of likely N-dealkylation sites (N-methyl/N-ethyl adjacent to an activating group) is 1. The van der Waals surface area contributed by atoms with E-state index >= 15 is 0 Å². The maximum atomic E-state index is 13.5. The third-order valence-electron chi connectivity index (χ3n) is 8.71. The molecule has 1 atom stereocenters. The molecule has 2 amide bonds. The molecule has 15 nitrogen and oxygen atoms in total. The molecule has 0 saturated heterocycles. The zero-order valence-electron chi connectivity index (χ0n) is 31.2. The van der Waals surface area contributed by atoms with Crippen LogP contribution in [-0.2, 0) is 26.4 Å². The van der Waals surface area contributed by atoms with E-state index in [1.807, 2.05) is 37.1 Å². The summed E-state index contributed by atoms with van der Waals surface area (Å²) in [5, 5.41) is 22.4. The number of benzene rings is 2. The van der Waals surface area contributed by atoms with E-state index in [4.69, 9.17) is 14.2 Å². The summed E-state index contributed by atoms with van der Waals surface area (Å²) in [6, 6.07) is 15.4. The van der Waals surface area contributed by atoms with Gasteiger partial charge >= 0.3 is 16.7 Å². The first-order valence-corrected chi connectivity index (χ1v) is 18.8. The second-order valence-electron chi connectivity index (χ2n) is 12.8. The summed E-state index contributed by atoms with van der Waals surface area (Å²) < 4.78 is 57.4. The van der Waals surface area contributed by atoms with Crippen molar-refractivity contribution >= 4 is 34.9 Å². The molecule has 1 aliphatic heterocycles. The molecule has 0 aliphatic carbocycles. The van der Waals surface area contributed by atoms with Crippen LogP contribution in [0.25, 0.3) is 0 Å². The largest absolute Gasteiger partial charge is 0.493 e. The van der Waals surface area contributed by atoms with Crippen LogP contribution in [-0.4, -0.2) is 97.8 Å². The van der Waals surface area contributed by atoms with Crippen molar-refractivity contribution < 1.29 is 46.9 Å². The highest BCUT2D eigenvalue weighted by molar-refractivity contribution is 7.09. The molecule has 0 bridgehead atoms. The molecule has 4 aromatic rings. The molecule has 0 unspecified atom stereocenters. The van der Waals surface area contributed by atoms with Crippen molar-refractivity contribution in [3.8, 4) is 11.6 Å². The van der Waals surface area contributed by atoms with E-state index in [0.29, 0.717) is 66.6 Å². The second kappa shape index (κ2) is 19.5. The van der Waals surface area contributed by atoms with Crippen molar-refractivity contribution in [3.63, 3.8) is 0 Å². The highest BCUT2D eigenvalue weighted by Gasteiger charge is 2.65. The Bertz CT molecular complexity index is 2050. The average Bonchev–Trinajstić information content (AvgIpc) is 3.97. The molecule has 2 aromatic carbocycles. The number of ether oxygens (including phenoxy) is 3. The molecule has 57 heavy (non-hydrogen) atoms. The van der Waals surface area contributed by atoms with Gasteiger partial charge in [-0.3, -0.25) is 19.2 Å². The van der Waals surface area contributed by atoms with E-state index in [1.54, 1.807) is 30.5 Å². The molecule has 3 N–H and O–H groups in total. The van der Waals surface area contributed by atoms with Crippen molar-refractivity contribution in [2.24, 2.45) is 10.2 Å². The predicted molar refractivity (Wildman–Crippen MR) is 203 cm³/mol. The van der Waals surface area contributed by atoms with Crippen LogP contribution in [0.4, 0.5) is 19.0 Å². The van der Waals surface area contributed by atoms with Crippen LogP contribution in [0.2, 0.25) is 0 Å². The lowest BCUT2D eigenvalue weighted by atomic mass is 10.0. The molecule has 0 fully saturated rings. The monoisotopic (exact) mass is 813 g/mol. The summed E-state index contributed by atoms with van der Waals surface area (Å²) in [6.07, 6.45) is -3.30. The molecule has 19 heteroatoms. The molecule has 0 saturated carbocycles. The number of pyridine rings is 1. The number of rotatable bonds is 21. The van der Waals surface area contributed by atoms with Gasteiger partial charge in [-0.15, -0.1) is 10.2 Å². The minimum absolute atomic E-state index is 0.105. The molecule has 1 aliphatic rings. The van der Waals surface area contributed by atoms with E-state index < -0.39 is 52.8 Å². The number of nitrogens with one attached hydrogen (secondary N) is 2. The summed E-state index contributed by atoms with van der Waals surface area (Å²) in [7, 11) is 1.91. The normalized spacial score (nSPS) is 13.5. The van der Waals surface area contributed by atoms with Crippen LogP contribution in [0.1, 0.15) is 50.9 Å². The Hall–Kier alpha value is -5.66. The number of aromatic hydroxyl groups is 1. The number of carbonyl (C=O) groups excluding carboxylic acids is 3. The second-order valence-corrected chi connectivity index (χ2v) is 13.8. The first-order valence-electron chi connectivity index (χ1n) is 18.0. The number of hydrogen-bond donors (Lipinski definition) is 3. The zero-order valence-corrected chi connectivity index (χ0v) is 32.0. The number of aromatic nitrogens is 2. The van der Waals surface area contributed by atoms with Gasteiger partial charge in [0.25, 0.3) is 5.91 Å². The standard InChI is InChI=1S/C38H42F3N7O8S/c1-3-54-21-22-55-19-6-17-43-34(51)29(44-33(50)26-10-12-27(13-11-26)37(45-46-37)38(39,40)41)24-32(49)48-35(52)30(57-36(48)53)23-25-8-14-28(15-9-25)56-20-18-47(2)31-7-4-5-16-42-31/h4-5,7-16,29,52H,3,6,17-24H2,1-2H3,(H,43,51)(H,44,50)/t29-/m1/s1. The summed E-state index contributed by atoms with van der Waals surface area (Å²) in [4.78, 5) is 58.7. The summed E-state index contributed by atoms with van der Waals surface area (Å²) >= 11 is 0.654. The molecule has 3 heterocycles. The van der Waals surface area contributed by atoms with Gasteiger partial charge in [0.15, 0.2) is 0 Å². The van der Waals surface area contributed by atoms with Crippen molar-refractivity contribution in [2.75, 3.05) is 58.1 Å². The van der Waals surface area contributed by atoms with Crippen molar-refractivity contribution in [1.29, 1.82) is 0 Å². The molecular weight excluding hydrogens is 772 g/mol. The SMILES string of the molecule is CCOCCOCCCNC(=O)[C@@H](CC(=O)n1c(O)c(Cc2ccc(OCCN(C)c3ccccn3)cc2)sc1=O)NC(=O)c1ccc(C2(C(F)(F)F)N=N2)cc1. The van der Waals surface area contributed by atoms with Gasteiger partial charge in [-0.1, -0.05) is 41.7 Å². The summed E-state index contributed by atoms with van der Waals surface area (Å²) in [6.45, 7) is 4.53. The van der Waals surface area contributed by atoms with Gasteiger partial charge in [0.05, 0.1) is 31.1 Å². The topological polar surface area (TPSA) is 186 Å². The third kappa shape index (κ3) is 11.2. The number of anilines is 1. The molecule has 0 radical (unpaired) electrons. The van der Waals surface area contributed by atoms with Gasteiger partial charge in [0.2, 0.25) is 17.7 Å². The Labute approximate surface area is 329 Å². The van der Waals surface area contributed by atoms with Gasteiger partial charge in [0.1, 0.15) is 24.2 Å². The van der Waals surface area contributed by atoms with Crippen LogP contribution in [0, 0.1) is 0 Å². The van der Waals surface area contributed by atoms with Crippen LogP contribution in [0.5, 0.6) is 11.6 Å². The van der Waals surface area contributed by atoms with E-state index in [9.17, 15) is 37.5 Å². The molecule has 0 spiro atoms. The fourth-order valence-corrected chi connectivity index (χ4v) is 6.42. The van der Waals surface area contributed by atoms with Crippen LogP contribution in [0.3, 0.4) is 0 Å². The number of alkyl halides is 3. The smallest absolute Gasteiger partial charge is 0.442 e. The number of thiazole rings is 1. The number of halogens is 3. The Morgan fingerprint density at radius 1 is 0.982 bits per heavy atom. The Balaban J connectivity index is 1.22. The number of hydrogen-bond acceptors (Lipinski definition) is 13. The van der Waals surface area contributed by atoms with E-state index in [2.05, 4.69) is 25.8 Å². The maximum Gasteiger partial charge on any atom is 0.442 e. The Morgan fingerprint density at radius 3 is 2.35 bits per heavy atom. The average molecular weight is 814 g/mol. The Morgan fingerprint density at radius 2 is 1.70 bits per heavy atom. The number of amides is 2. The highest BCUT2D eigenvalue weighted by Crippen LogP contribution is 2.52. The fraction of sp³-hybridized carbons (Fsp3) is 0.395. The summed E-state index contributed by atoms with van der Waals surface area (Å²) in [5.41, 5.74) is -2.39. The van der Waals surface area contributed by atoms with Crippen LogP contribution >= 0.6 is 11.3 Å². The van der Waals surface area contributed by atoms with E-state index in [0.717, 1.165) is 30.1 Å². The predicted octanol–water partition coefficient (Wildman–Crippen LogP) is 4.69. The van der Waals surface area contributed by atoms with Gasteiger partial charge < -0.3 is 34.9 Å². The molecule has 5 rings (SSSR count). The van der Waals surface area contributed by atoms with Crippen LogP contribution < -0.4 is 25.1 Å². The van der Waals surface area contributed by atoms with Crippen molar-refractivity contribution in [2.45, 2.75) is 44.1 Å². The minimum Gasteiger partial charge on any atom is -0.493 e. The van der Waals surface area contributed by atoms with Gasteiger partial charge in [-0.25, -0.2) is 9.55 Å². The van der Waals surface area contributed by atoms with Crippen molar-refractivity contribution in [1.82, 2.24) is 20.2 Å². The van der Waals surface area contributed by atoms with E-state index in [1.165, 1.54) is 0 Å². The Kier molecular flexibility index (Phi) is 14.5. The number of carbonyl (C=O) groups is 3. The lowest BCUT2D eigenvalue weighted by molar-refractivity contribution is -0.166. The van der Waals surface area contributed by atoms with Gasteiger partial charge in [0, 0.05) is 50.6 Å².